The predicted octanol–water partition coefficient (Wildman–Crippen LogP) is 15.5. The van der Waals surface area contributed by atoms with Crippen LogP contribution in [0.4, 0.5) is 0 Å². The van der Waals surface area contributed by atoms with Crippen molar-refractivity contribution in [3.8, 4) is 0 Å². The Morgan fingerprint density at radius 1 is 0.393 bits per heavy atom. The summed E-state index contributed by atoms with van der Waals surface area (Å²) in [6.45, 7) is 4.07. The largest absolute Gasteiger partial charge is 0.394 e. The molecule has 4 atom stereocenters. The van der Waals surface area contributed by atoms with E-state index in [9.17, 15) is 25.2 Å². The summed E-state index contributed by atoms with van der Waals surface area (Å²) < 4.78 is 0. The number of carbonyl (C=O) groups is 1. The minimum absolute atomic E-state index is 0.364. The fourth-order valence-corrected chi connectivity index (χ4v) is 8.60. The van der Waals surface area contributed by atoms with E-state index in [4.69, 9.17) is 0 Å². The lowest BCUT2D eigenvalue weighted by molar-refractivity contribution is -0.132. The fourth-order valence-electron chi connectivity index (χ4n) is 8.60. The molecule has 0 radical (unpaired) electrons. The third kappa shape index (κ3) is 43.8. The Bertz CT molecular complexity index is 924. The Morgan fingerprint density at radius 3 is 1.03 bits per heavy atom. The highest BCUT2D eigenvalue weighted by Gasteiger charge is 2.28. The van der Waals surface area contributed by atoms with Crippen LogP contribution >= 0.6 is 0 Å². The number of amides is 1. The van der Waals surface area contributed by atoms with Crippen LogP contribution in [0.3, 0.4) is 0 Å². The van der Waals surface area contributed by atoms with E-state index in [0.29, 0.717) is 19.3 Å². The molecule has 61 heavy (non-hydrogen) atoms. The third-order valence-corrected chi connectivity index (χ3v) is 12.9. The molecule has 0 aliphatic rings. The van der Waals surface area contributed by atoms with Gasteiger partial charge in [-0.05, 0) is 51.4 Å². The van der Waals surface area contributed by atoms with Gasteiger partial charge in [0.2, 0.25) is 5.91 Å². The maximum atomic E-state index is 12.6. The van der Waals surface area contributed by atoms with Gasteiger partial charge in [-0.2, -0.15) is 0 Å². The first-order valence-electron chi connectivity index (χ1n) is 27.2. The molecule has 362 valence electrons. The van der Waals surface area contributed by atoms with Crippen LogP contribution in [0, 0.1) is 0 Å². The summed E-state index contributed by atoms with van der Waals surface area (Å²) in [5.74, 6) is -0.593. The first-order chi connectivity index (χ1) is 30.0. The van der Waals surface area contributed by atoms with Crippen molar-refractivity contribution in [2.24, 2.45) is 0 Å². The van der Waals surface area contributed by atoms with Gasteiger partial charge in [-0.1, -0.05) is 263 Å². The maximum absolute atomic E-state index is 12.6. The highest BCUT2D eigenvalue weighted by Crippen LogP contribution is 2.17. The van der Waals surface area contributed by atoms with Crippen molar-refractivity contribution in [2.75, 3.05) is 6.61 Å². The number of nitrogens with one attached hydrogen (secondary N) is 1. The minimum Gasteiger partial charge on any atom is -0.394 e. The molecule has 0 fully saturated rings. The zero-order valence-electron chi connectivity index (χ0n) is 40.9. The van der Waals surface area contributed by atoms with Crippen LogP contribution in [0.5, 0.6) is 0 Å². The molecule has 0 saturated carbocycles. The quantitative estimate of drug-likeness (QED) is 0.0309. The molecule has 6 heteroatoms. The van der Waals surface area contributed by atoms with E-state index in [1.54, 1.807) is 0 Å². The van der Waals surface area contributed by atoms with Gasteiger partial charge in [0.15, 0.2) is 0 Å². The molecule has 0 aliphatic heterocycles. The zero-order chi connectivity index (χ0) is 44.5. The van der Waals surface area contributed by atoms with Gasteiger partial charge < -0.3 is 25.7 Å². The van der Waals surface area contributed by atoms with Gasteiger partial charge in [0.05, 0.1) is 18.8 Å². The average Bonchev–Trinajstić information content (AvgIpc) is 3.26. The van der Waals surface area contributed by atoms with Gasteiger partial charge in [0.1, 0.15) is 12.2 Å². The second-order valence-corrected chi connectivity index (χ2v) is 18.9. The van der Waals surface area contributed by atoms with Crippen LogP contribution in [0.1, 0.15) is 290 Å². The van der Waals surface area contributed by atoms with Gasteiger partial charge in [0.25, 0.3) is 0 Å². The van der Waals surface area contributed by atoms with Gasteiger partial charge in [-0.3, -0.25) is 4.79 Å². The molecule has 0 rings (SSSR count). The Morgan fingerprint density at radius 2 is 0.689 bits per heavy atom. The molecule has 4 unspecified atom stereocenters. The maximum Gasteiger partial charge on any atom is 0.249 e. The van der Waals surface area contributed by atoms with Crippen LogP contribution < -0.4 is 5.32 Å². The monoisotopic (exact) mass is 862 g/mol. The number of unbranched alkanes of at least 4 members (excludes halogenated alkanes) is 37. The molecule has 6 nitrogen and oxygen atoms in total. The molecule has 0 aromatic heterocycles. The summed E-state index contributed by atoms with van der Waals surface area (Å²) in [7, 11) is 0. The lowest BCUT2D eigenvalue weighted by atomic mass is 10.00. The SMILES string of the molecule is CCCCCCCCCCCCCCCCCCCC/C=C/CC/C=C/CCCC(O)C(O)C(CO)NC(=O)C(O)CCCCCCCCCCCCCCCCCCCC. The van der Waals surface area contributed by atoms with Gasteiger partial charge in [-0.15, -0.1) is 0 Å². The number of hydrogen-bond donors (Lipinski definition) is 5. The van der Waals surface area contributed by atoms with Crippen molar-refractivity contribution < 1.29 is 25.2 Å². The molecule has 0 heterocycles. The van der Waals surface area contributed by atoms with E-state index in [0.717, 1.165) is 38.5 Å². The smallest absolute Gasteiger partial charge is 0.249 e. The number of carbonyl (C=O) groups excluding carboxylic acids is 1. The molecule has 0 aromatic rings. The standard InChI is InChI=1S/C55H107NO5/c1-3-5-7-9-11-13-15-17-19-21-23-24-25-26-27-28-29-30-31-33-34-36-38-40-42-44-46-48-52(58)54(60)51(50-57)56-55(61)53(59)49-47-45-43-41-39-37-35-32-22-20-18-16-14-12-10-8-6-4-2/h33-34,40,42,51-54,57-60H,3-32,35-39,41,43-50H2,1-2H3,(H,56,61)/b34-33+,42-40+. The first kappa shape index (κ1) is 59.8. The highest BCUT2D eigenvalue weighted by molar-refractivity contribution is 5.80. The first-order valence-corrected chi connectivity index (χ1v) is 27.2. The molecular formula is C55H107NO5. The van der Waals surface area contributed by atoms with Crippen LogP contribution in [0.15, 0.2) is 24.3 Å². The normalized spacial score (nSPS) is 14.0. The summed E-state index contributed by atoms with van der Waals surface area (Å²) >= 11 is 0. The Hall–Kier alpha value is -1.21. The molecule has 5 N–H and O–H groups in total. The molecule has 0 aromatic carbocycles. The number of allylic oxidation sites excluding steroid dienone is 4. The summed E-state index contributed by atoms with van der Waals surface area (Å²) in [6.07, 6.45) is 59.6. The molecular weight excluding hydrogens is 755 g/mol. The topological polar surface area (TPSA) is 110 Å². The van der Waals surface area contributed by atoms with E-state index in [1.165, 1.54) is 218 Å². The number of hydrogen-bond acceptors (Lipinski definition) is 5. The van der Waals surface area contributed by atoms with E-state index in [1.807, 2.05) is 0 Å². The lowest BCUT2D eigenvalue weighted by Gasteiger charge is -2.27. The van der Waals surface area contributed by atoms with Crippen molar-refractivity contribution >= 4 is 5.91 Å². The Balaban J connectivity index is 3.68. The van der Waals surface area contributed by atoms with E-state index in [-0.39, 0.29) is 0 Å². The number of rotatable bonds is 50. The van der Waals surface area contributed by atoms with Gasteiger partial charge in [-0.25, -0.2) is 0 Å². The van der Waals surface area contributed by atoms with Crippen molar-refractivity contribution in [1.82, 2.24) is 5.32 Å². The Labute approximate surface area is 380 Å². The molecule has 0 spiro atoms. The molecule has 0 aliphatic carbocycles. The van der Waals surface area contributed by atoms with Crippen molar-refractivity contribution in [2.45, 2.75) is 314 Å². The summed E-state index contributed by atoms with van der Waals surface area (Å²) in [4.78, 5) is 12.6. The average molecular weight is 862 g/mol. The van der Waals surface area contributed by atoms with Crippen LogP contribution in [-0.2, 0) is 4.79 Å². The third-order valence-electron chi connectivity index (χ3n) is 12.9. The van der Waals surface area contributed by atoms with Crippen LogP contribution in [-0.4, -0.2) is 57.3 Å². The lowest BCUT2D eigenvalue weighted by Crippen LogP contribution is -2.53. The fraction of sp³-hybridized carbons (Fsp3) is 0.909. The predicted molar refractivity (Wildman–Crippen MR) is 265 cm³/mol. The molecule has 0 saturated heterocycles. The summed E-state index contributed by atoms with van der Waals surface area (Å²) in [5.41, 5.74) is 0. The zero-order valence-corrected chi connectivity index (χ0v) is 40.9. The summed E-state index contributed by atoms with van der Waals surface area (Å²) in [6, 6.07) is -1.01. The van der Waals surface area contributed by atoms with Gasteiger partial charge in [0, 0.05) is 0 Å². The van der Waals surface area contributed by atoms with Crippen molar-refractivity contribution in [1.29, 1.82) is 0 Å². The highest BCUT2D eigenvalue weighted by atomic mass is 16.3. The molecule has 0 bridgehead atoms. The van der Waals surface area contributed by atoms with Crippen molar-refractivity contribution in [3.63, 3.8) is 0 Å². The van der Waals surface area contributed by atoms with E-state index in [2.05, 4.69) is 43.5 Å². The minimum atomic E-state index is -1.29. The Kier molecular flexibility index (Phi) is 48.8. The number of aliphatic hydroxyl groups is 4. The van der Waals surface area contributed by atoms with Crippen LogP contribution in [0.2, 0.25) is 0 Å². The van der Waals surface area contributed by atoms with Crippen molar-refractivity contribution in [3.05, 3.63) is 24.3 Å². The van der Waals surface area contributed by atoms with E-state index < -0.39 is 36.9 Å². The van der Waals surface area contributed by atoms with Crippen LogP contribution in [0.25, 0.3) is 0 Å². The van der Waals surface area contributed by atoms with Gasteiger partial charge >= 0.3 is 0 Å². The summed E-state index contributed by atoms with van der Waals surface area (Å²) in [5, 5.41) is 43.9. The molecule has 1 amide bonds. The second-order valence-electron chi connectivity index (χ2n) is 18.9. The number of aliphatic hydroxyl groups excluding tert-OH is 4. The second kappa shape index (κ2) is 49.8. The van der Waals surface area contributed by atoms with E-state index >= 15 is 0 Å².